The highest BCUT2D eigenvalue weighted by molar-refractivity contribution is 7.09. The third-order valence-corrected chi connectivity index (χ3v) is 7.32. The fourth-order valence-electron chi connectivity index (χ4n) is 4.50. The Labute approximate surface area is 192 Å². The van der Waals surface area contributed by atoms with Gasteiger partial charge in [0.05, 0.1) is 18.2 Å². The molecule has 0 atom stereocenters. The number of thiazole rings is 1. The predicted octanol–water partition coefficient (Wildman–Crippen LogP) is 2.71. The highest BCUT2D eigenvalue weighted by Gasteiger charge is 2.37. The van der Waals surface area contributed by atoms with Gasteiger partial charge in [-0.15, -0.1) is 0 Å². The maximum absolute atomic E-state index is 13.1. The minimum atomic E-state index is -4.55. The number of amides is 2. The lowest BCUT2D eigenvalue weighted by molar-refractivity contribution is -0.138. The van der Waals surface area contributed by atoms with Crippen LogP contribution in [0, 0.1) is 0 Å². The average molecular weight is 483 g/mol. The van der Waals surface area contributed by atoms with Crippen LogP contribution in [0.2, 0.25) is 0 Å². The molecule has 2 aliphatic rings. The summed E-state index contributed by atoms with van der Waals surface area (Å²) in [5.74, 6) is -0.661. The van der Waals surface area contributed by atoms with E-state index in [0.29, 0.717) is 19.0 Å². The van der Waals surface area contributed by atoms with Crippen molar-refractivity contribution in [3.63, 3.8) is 0 Å². The van der Waals surface area contributed by atoms with E-state index in [1.54, 1.807) is 6.20 Å². The zero-order chi connectivity index (χ0) is 23.6. The number of alkyl halides is 3. The number of rotatable bonds is 6. The van der Waals surface area contributed by atoms with E-state index in [0.717, 1.165) is 42.7 Å². The van der Waals surface area contributed by atoms with Crippen LogP contribution < -0.4 is 15.5 Å². The van der Waals surface area contributed by atoms with Crippen molar-refractivity contribution in [3.05, 3.63) is 56.1 Å². The number of halogens is 3. The monoisotopic (exact) mass is 482 g/mol. The van der Waals surface area contributed by atoms with E-state index >= 15 is 0 Å². The van der Waals surface area contributed by atoms with Gasteiger partial charge in [-0.2, -0.15) is 13.2 Å². The van der Waals surface area contributed by atoms with Crippen LogP contribution in [0.4, 0.5) is 13.2 Å². The molecule has 1 aliphatic heterocycles. The second-order valence-corrected chi connectivity index (χ2v) is 9.51. The van der Waals surface area contributed by atoms with E-state index in [1.165, 1.54) is 23.5 Å². The third kappa shape index (κ3) is 5.47. The Bertz CT molecular complexity index is 1060. The number of aromatic nitrogens is 1. The number of aromatic amines is 1. The van der Waals surface area contributed by atoms with Gasteiger partial charge in [0.2, 0.25) is 5.91 Å². The van der Waals surface area contributed by atoms with Crippen molar-refractivity contribution in [3.8, 4) is 0 Å². The molecule has 1 saturated carbocycles. The Kier molecular flexibility index (Phi) is 6.89. The molecule has 0 radical (unpaired) electrons. The SMILES string of the molecule is O=C(NCC(=O)N(C1CCC(c2c[nH]c(=O)s2)CC1)C1CNC1)c1cccc(C(F)(F)F)c1. The molecule has 178 valence electrons. The summed E-state index contributed by atoms with van der Waals surface area (Å²) in [6.45, 7) is 1.07. The Morgan fingerprint density at radius 3 is 2.42 bits per heavy atom. The standard InChI is InChI=1S/C22H25F3N4O3S/c23-22(24,25)15-3-1-2-14(8-15)20(31)27-12-19(30)29(17-9-26-10-17)16-6-4-13(5-7-16)18-11-28-21(32)33-18/h1-3,8,11,13,16-17,26H,4-7,9-10,12H2,(H,27,31)(H,28,32). The first kappa shape index (κ1) is 23.5. The summed E-state index contributed by atoms with van der Waals surface area (Å²) in [5, 5.41) is 5.64. The Balaban J connectivity index is 1.37. The van der Waals surface area contributed by atoms with Crippen LogP contribution in [-0.4, -0.2) is 53.4 Å². The maximum atomic E-state index is 13.1. The Morgan fingerprint density at radius 2 is 1.85 bits per heavy atom. The molecule has 2 amide bonds. The van der Waals surface area contributed by atoms with Crippen LogP contribution in [0.3, 0.4) is 0 Å². The second kappa shape index (κ2) is 9.68. The van der Waals surface area contributed by atoms with Crippen LogP contribution >= 0.6 is 11.3 Å². The predicted molar refractivity (Wildman–Crippen MR) is 117 cm³/mol. The van der Waals surface area contributed by atoms with Crippen LogP contribution in [0.15, 0.2) is 35.3 Å². The van der Waals surface area contributed by atoms with Crippen molar-refractivity contribution in [1.29, 1.82) is 0 Å². The second-order valence-electron chi connectivity index (χ2n) is 8.46. The van der Waals surface area contributed by atoms with Crippen LogP contribution in [-0.2, 0) is 11.0 Å². The minimum Gasteiger partial charge on any atom is -0.343 e. The van der Waals surface area contributed by atoms with Crippen molar-refractivity contribution >= 4 is 23.2 Å². The molecule has 1 aromatic heterocycles. The number of hydrogen-bond donors (Lipinski definition) is 3. The quantitative estimate of drug-likeness (QED) is 0.590. The van der Waals surface area contributed by atoms with Gasteiger partial charge >= 0.3 is 11.0 Å². The van der Waals surface area contributed by atoms with E-state index in [1.807, 2.05) is 4.90 Å². The molecule has 3 N–H and O–H groups in total. The van der Waals surface area contributed by atoms with Crippen LogP contribution in [0.1, 0.15) is 52.4 Å². The van der Waals surface area contributed by atoms with Gasteiger partial charge < -0.3 is 20.5 Å². The van der Waals surface area contributed by atoms with Gasteiger partial charge in [0.25, 0.3) is 5.91 Å². The summed E-state index contributed by atoms with van der Waals surface area (Å²) >= 11 is 1.22. The summed E-state index contributed by atoms with van der Waals surface area (Å²) in [7, 11) is 0. The zero-order valence-electron chi connectivity index (χ0n) is 17.8. The average Bonchev–Trinajstić information content (AvgIpc) is 3.20. The van der Waals surface area contributed by atoms with Crippen LogP contribution in [0.25, 0.3) is 0 Å². The number of carbonyl (C=O) groups excluding carboxylic acids is 2. The highest BCUT2D eigenvalue weighted by Crippen LogP contribution is 2.36. The first-order valence-corrected chi connectivity index (χ1v) is 11.7. The third-order valence-electron chi connectivity index (χ3n) is 6.33. The molecule has 0 bridgehead atoms. The number of nitrogens with one attached hydrogen (secondary N) is 3. The van der Waals surface area contributed by atoms with Crippen LogP contribution in [0.5, 0.6) is 0 Å². The zero-order valence-corrected chi connectivity index (χ0v) is 18.6. The molecule has 2 fully saturated rings. The largest absolute Gasteiger partial charge is 0.416 e. The summed E-state index contributed by atoms with van der Waals surface area (Å²) in [6.07, 6.45) is 0.522. The van der Waals surface area contributed by atoms with Gasteiger partial charge in [-0.1, -0.05) is 17.4 Å². The van der Waals surface area contributed by atoms with Crippen molar-refractivity contribution in [2.24, 2.45) is 0 Å². The van der Waals surface area contributed by atoms with E-state index in [-0.39, 0.29) is 35.0 Å². The Morgan fingerprint density at radius 1 is 1.12 bits per heavy atom. The molecule has 1 aliphatic carbocycles. The lowest BCUT2D eigenvalue weighted by Crippen LogP contribution is -2.63. The van der Waals surface area contributed by atoms with E-state index < -0.39 is 17.6 Å². The number of nitrogens with zero attached hydrogens (tertiary/aromatic N) is 1. The fourth-order valence-corrected chi connectivity index (χ4v) is 5.35. The van der Waals surface area contributed by atoms with Gasteiger partial charge in [-0.05, 0) is 49.8 Å². The lowest BCUT2D eigenvalue weighted by Gasteiger charge is -2.45. The normalized spacial score (nSPS) is 21.3. The number of benzene rings is 1. The van der Waals surface area contributed by atoms with E-state index in [2.05, 4.69) is 15.6 Å². The lowest BCUT2D eigenvalue weighted by atomic mass is 9.84. The first-order chi connectivity index (χ1) is 15.7. The molecular weight excluding hydrogens is 457 g/mol. The van der Waals surface area contributed by atoms with Crippen molar-refractivity contribution < 1.29 is 22.8 Å². The molecule has 0 spiro atoms. The fraction of sp³-hybridized carbons (Fsp3) is 0.500. The molecule has 1 aromatic carbocycles. The van der Waals surface area contributed by atoms with Gasteiger partial charge in [0, 0.05) is 35.8 Å². The molecule has 11 heteroatoms. The van der Waals surface area contributed by atoms with Crippen molar-refractivity contribution in [2.75, 3.05) is 19.6 Å². The van der Waals surface area contributed by atoms with E-state index in [9.17, 15) is 27.6 Å². The molecule has 1 saturated heterocycles. The number of hydrogen-bond acceptors (Lipinski definition) is 5. The number of H-pyrrole nitrogens is 1. The Hall–Kier alpha value is -2.66. The highest BCUT2D eigenvalue weighted by atomic mass is 32.1. The summed E-state index contributed by atoms with van der Waals surface area (Å²) in [6, 6.07) is 4.21. The van der Waals surface area contributed by atoms with E-state index in [4.69, 9.17) is 0 Å². The molecule has 0 unspecified atom stereocenters. The molecule has 2 heterocycles. The van der Waals surface area contributed by atoms with Gasteiger partial charge in [-0.25, -0.2) is 0 Å². The maximum Gasteiger partial charge on any atom is 0.416 e. The summed E-state index contributed by atoms with van der Waals surface area (Å²) in [4.78, 5) is 42.4. The van der Waals surface area contributed by atoms with Crippen molar-refractivity contribution in [1.82, 2.24) is 20.5 Å². The first-order valence-electron chi connectivity index (χ1n) is 10.9. The molecule has 2 aromatic rings. The topological polar surface area (TPSA) is 94.3 Å². The minimum absolute atomic E-state index is 0.0296. The smallest absolute Gasteiger partial charge is 0.343 e. The van der Waals surface area contributed by atoms with Gasteiger partial charge in [-0.3, -0.25) is 14.4 Å². The number of carbonyl (C=O) groups is 2. The summed E-state index contributed by atoms with van der Waals surface area (Å²) in [5.41, 5.74) is -1.05. The molecule has 4 rings (SSSR count). The van der Waals surface area contributed by atoms with Gasteiger partial charge in [0.15, 0.2) is 0 Å². The van der Waals surface area contributed by atoms with Gasteiger partial charge in [0.1, 0.15) is 0 Å². The molecule has 7 nitrogen and oxygen atoms in total. The molecule has 33 heavy (non-hydrogen) atoms. The summed E-state index contributed by atoms with van der Waals surface area (Å²) < 4.78 is 38.7. The molecular formula is C22H25F3N4O3S. The van der Waals surface area contributed by atoms with Crippen molar-refractivity contribution in [2.45, 2.75) is 49.9 Å².